The zero-order valence-electron chi connectivity index (χ0n) is 15.1. The molecule has 0 saturated heterocycles. The molecule has 0 saturated carbocycles. The summed E-state index contributed by atoms with van der Waals surface area (Å²) in [7, 11) is 0. The highest BCUT2D eigenvalue weighted by Gasteiger charge is 2.27. The highest BCUT2D eigenvalue weighted by molar-refractivity contribution is 5.76. The molecule has 0 aliphatic carbocycles. The lowest BCUT2D eigenvalue weighted by molar-refractivity contribution is -0.659. The summed E-state index contributed by atoms with van der Waals surface area (Å²) in [5.74, 6) is -0.0874. The van der Waals surface area contributed by atoms with Gasteiger partial charge in [0, 0.05) is 0 Å². The molecule has 6 heteroatoms. The number of nitrogens with one attached hydrogen (secondary N) is 1. The summed E-state index contributed by atoms with van der Waals surface area (Å²) in [5.41, 5.74) is 1.97. The minimum atomic E-state index is -0.256. The lowest BCUT2D eigenvalue weighted by Gasteiger charge is -2.29. The SMILES string of the molecule is CC(C)n1c[n+](CC(=O)N[C@H](CO)C(C)(C)C)c2ccccc21.[Cl-]. The van der Waals surface area contributed by atoms with Crippen molar-refractivity contribution in [3.05, 3.63) is 30.6 Å². The van der Waals surface area contributed by atoms with E-state index in [1.807, 2.05) is 49.9 Å². The summed E-state index contributed by atoms with van der Waals surface area (Å²) in [6, 6.07) is 8.14. The van der Waals surface area contributed by atoms with Crippen molar-refractivity contribution in [2.24, 2.45) is 5.41 Å². The summed E-state index contributed by atoms with van der Waals surface area (Å²) in [5, 5.41) is 12.4. The summed E-state index contributed by atoms with van der Waals surface area (Å²) in [4.78, 5) is 12.4. The Bertz CT molecular complexity index is 689. The molecule has 0 radical (unpaired) electrons. The summed E-state index contributed by atoms with van der Waals surface area (Å²) in [6.45, 7) is 10.4. The molecule has 5 nitrogen and oxygen atoms in total. The number of halogens is 1. The third-order valence-electron chi connectivity index (χ3n) is 4.17. The maximum absolute atomic E-state index is 12.4. The van der Waals surface area contributed by atoms with E-state index >= 15 is 0 Å². The van der Waals surface area contributed by atoms with Gasteiger partial charge in [-0.25, -0.2) is 9.13 Å². The zero-order valence-corrected chi connectivity index (χ0v) is 15.8. The number of aliphatic hydroxyl groups is 1. The Morgan fingerprint density at radius 3 is 2.46 bits per heavy atom. The normalized spacial score (nSPS) is 13.0. The average molecular weight is 354 g/mol. The van der Waals surface area contributed by atoms with Crippen LogP contribution in [0.25, 0.3) is 11.0 Å². The van der Waals surface area contributed by atoms with Gasteiger partial charge in [0.25, 0.3) is 5.91 Å². The molecular formula is C18H28ClN3O2. The number of hydrogen-bond acceptors (Lipinski definition) is 2. The molecule has 0 spiro atoms. The number of rotatable bonds is 5. The van der Waals surface area contributed by atoms with Gasteiger partial charge in [-0.15, -0.1) is 0 Å². The number of imidazole rings is 1. The van der Waals surface area contributed by atoms with Gasteiger partial charge in [0.2, 0.25) is 6.33 Å². The first-order valence-electron chi connectivity index (χ1n) is 8.13. The van der Waals surface area contributed by atoms with Crippen LogP contribution in [0.5, 0.6) is 0 Å². The van der Waals surface area contributed by atoms with Gasteiger partial charge < -0.3 is 22.8 Å². The van der Waals surface area contributed by atoms with Gasteiger partial charge in [0.1, 0.15) is 0 Å². The van der Waals surface area contributed by atoms with Crippen molar-refractivity contribution in [1.82, 2.24) is 9.88 Å². The molecule has 24 heavy (non-hydrogen) atoms. The highest BCUT2D eigenvalue weighted by Crippen LogP contribution is 2.19. The standard InChI is InChI=1S/C18H27N3O2.ClH/c1-13(2)21-12-20(14-8-6-7-9-15(14)21)10-17(23)19-16(11-22)18(3,4)5;/h6-9,12-13,16,22H,10-11H2,1-5H3;1H/t16-;/m1./s1. The van der Waals surface area contributed by atoms with Crippen LogP contribution < -0.4 is 22.3 Å². The minimum Gasteiger partial charge on any atom is -1.00 e. The number of aromatic nitrogens is 2. The van der Waals surface area contributed by atoms with Crippen LogP contribution in [-0.4, -0.2) is 28.2 Å². The van der Waals surface area contributed by atoms with Gasteiger partial charge in [-0.1, -0.05) is 32.9 Å². The Morgan fingerprint density at radius 1 is 1.29 bits per heavy atom. The maximum atomic E-state index is 12.4. The van der Waals surface area contributed by atoms with E-state index in [1.165, 1.54) is 0 Å². The Labute approximate surface area is 150 Å². The first-order valence-corrected chi connectivity index (χ1v) is 8.13. The van der Waals surface area contributed by atoms with Crippen molar-refractivity contribution in [3.63, 3.8) is 0 Å². The molecule has 2 N–H and O–H groups in total. The van der Waals surface area contributed by atoms with Gasteiger partial charge in [-0.3, -0.25) is 4.79 Å². The summed E-state index contributed by atoms with van der Waals surface area (Å²) < 4.78 is 4.12. The van der Waals surface area contributed by atoms with Crippen LogP contribution in [0.4, 0.5) is 0 Å². The van der Waals surface area contributed by atoms with E-state index in [2.05, 4.69) is 29.8 Å². The number of amides is 1. The minimum absolute atomic E-state index is 0. The van der Waals surface area contributed by atoms with E-state index in [4.69, 9.17) is 0 Å². The fourth-order valence-corrected chi connectivity index (χ4v) is 2.67. The number of fused-ring (bicyclic) bond motifs is 1. The van der Waals surface area contributed by atoms with Crippen molar-refractivity contribution in [1.29, 1.82) is 0 Å². The van der Waals surface area contributed by atoms with Crippen LogP contribution in [0.3, 0.4) is 0 Å². The quantitative estimate of drug-likeness (QED) is 0.680. The van der Waals surface area contributed by atoms with Crippen LogP contribution in [0.2, 0.25) is 0 Å². The van der Waals surface area contributed by atoms with E-state index in [9.17, 15) is 9.90 Å². The van der Waals surface area contributed by atoms with Gasteiger partial charge in [0.15, 0.2) is 17.6 Å². The molecule has 0 fully saturated rings. The third kappa shape index (κ3) is 4.48. The van der Waals surface area contributed by atoms with E-state index < -0.39 is 0 Å². The molecule has 1 heterocycles. The molecule has 1 aromatic carbocycles. The molecule has 0 bridgehead atoms. The Kier molecular flexibility index (Phi) is 6.81. The van der Waals surface area contributed by atoms with Crippen LogP contribution >= 0.6 is 0 Å². The number of para-hydroxylation sites is 2. The summed E-state index contributed by atoms with van der Waals surface area (Å²) >= 11 is 0. The van der Waals surface area contributed by atoms with E-state index in [-0.39, 0.29) is 42.9 Å². The van der Waals surface area contributed by atoms with Crippen molar-refractivity contribution < 1.29 is 26.9 Å². The smallest absolute Gasteiger partial charge is 0.262 e. The molecule has 2 aromatic rings. The fraction of sp³-hybridized carbons (Fsp3) is 0.556. The number of carbonyl (C=O) groups is 1. The largest absolute Gasteiger partial charge is 1.00 e. The number of carbonyl (C=O) groups excluding carboxylic acids is 1. The lowest BCUT2D eigenvalue weighted by Crippen LogP contribution is -3.00. The van der Waals surface area contributed by atoms with Gasteiger partial charge in [0.05, 0.1) is 18.7 Å². The molecule has 1 aromatic heterocycles. The number of benzene rings is 1. The average Bonchev–Trinajstić information content (AvgIpc) is 2.83. The van der Waals surface area contributed by atoms with Gasteiger partial charge in [-0.05, 0) is 31.4 Å². The predicted molar refractivity (Wildman–Crippen MR) is 91.0 cm³/mol. The van der Waals surface area contributed by atoms with E-state index in [0.717, 1.165) is 11.0 Å². The van der Waals surface area contributed by atoms with Crippen LogP contribution in [0, 0.1) is 5.41 Å². The number of nitrogens with zero attached hydrogens (tertiary/aromatic N) is 2. The van der Waals surface area contributed by atoms with E-state index in [0.29, 0.717) is 6.04 Å². The van der Waals surface area contributed by atoms with Crippen LogP contribution in [0.1, 0.15) is 40.7 Å². The van der Waals surface area contributed by atoms with Gasteiger partial charge >= 0.3 is 0 Å². The predicted octanol–water partition coefficient (Wildman–Crippen LogP) is -0.963. The molecular weight excluding hydrogens is 326 g/mol. The Balaban J connectivity index is 0.00000288. The van der Waals surface area contributed by atoms with Gasteiger partial charge in [-0.2, -0.15) is 0 Å². The Morgan fingerprint density at radius 2 is 1.92 bits per heavy atom. The molecule has 1 atom stereocenters. The Hall–Kier alpha value is -1.59. The molecule has 0 unspecified atom stereocenters. The first kappa shape index (κ1) is 20.5. The second-order valence-corrected chi connectivity index (χ2v) is 7.40. The second-order valence-electron chi connectivity index (χ2n) is 7.40. The lowest BCUT2D eigenvalue weighted by atomic mass is 9.87. The summed E-state index contributed by atoms with van der Waals surface area (Å²) in [6.07, 6.45) is 1.99. The van der Waals surface area contributed by atoms with Crippen LogP contribution in [0.15, 0.2) is 30.6 Å². The molecule has 2 rings (SSSR count). The maximum Gasteiger partial charge on any atom is 0.262 e. The van der Waals surface area contributed by atoms with Crippen molar-refractivity contribution in [3.8, 4) is 0 Å². The topological polar surface area (TPSA) is 58.1 Å². The molecule has 0 aliphatic heterocycles. The second kappa shape index (κ2) is 7.99. The van der Waals surface area contributed by atoms with Crippen LogP contribution in [-0.2, 0) is 11.3 Å². The number of aliphatic hydroxyl groups excluding tert-OH is 1. The van der Waals surface area contributed by atoms with Crippen molar-refractivity contribution in [2.45, 2.75) is 53.2 Å². The zero-order chi connectivity index (χ0) is 17.2. The van der Waals surface area contributed by atoms with E-state index in [1.54, 1.807) is 0 Å². The fourth-order valence-electron chi connectivity index (χ4n) is 2.67. The van der Waals surface area contributed by atoms with Crippen molar-refractivity contribution in [2.75, 3.05) is 6.61 Å². The van der Waals surface area contributed by atoms with Crippen molar-refractivity contribution >= 4 is 16.9 Å². The monoisotopic (exact) mass is 353 g/mol. The first-order chi connectivity index (χ1) is 10.7. The molecule has 0 aliphatic rings. The number of hydrogen-bond donors (Lipinski definition) is 2. The molecule has 134 valence electrons. The highest BCUT2D eigenvalue weighted by atomic mass is 35.5. The third-order valence-corrected chi connectivity index (χ3v) is 4.17. The molecule has 1 amide bonds.